The van der Waals surface area contributed by atoms with Gasteiger partial charge in [-0.25, -0.2) is 9.37 Å². The first-order chi connectivity index (χ1) is 14.6. The van der Waals surface area contributed by atoms with Gasteiger partial charge in [0, 0.05) is 46.6 Å². The number of halogens is 4. The largest absolute Gasteiger partial charge is 0.383 e. The third kappa shape index (κ3) is 5.06. The molecule has 33 heavy (non-hydrogen) atoms. The predicted octanol–water partition coefficient (Wildman–Crippen LogP) is 5.45. The van der Waals surface area contributed by atoms with E-state index in [-0.39, 0.29) is 43.0 Å². The molecule has 1 fully saturated rings. The van der Waals surface area contributed by atoms with E-state index in [2.05, 4.69) is 25.5 Å². The number of H-pyrrole nitrogens is 1. The molecule has 0 unspecified atom stereocenters. The Bertz CT molecular complexity index is 1240. The first kappa shape index (κ1) is 26.8. The molecule has 0 bridgehead atoms. The number of fused-ring (bicyclic) bond motifs is 1. The molecule has 10 heteroatoms. The highest BCUT2D eigenvalue weighted by Crippen LogP contribution is 2.35. The Morgan fingerprint density at radius 1 is 0.970 bits per heavy atom. The molecule has 6 nitrogen and oxygen atoms in total. The lowest BCUT2D eigenvalue weighted by Gasteiger charge is -2.22. The van der Waals surface area contributed by atoms with Crippen LogP contribution in [0.3, 0.4) is 0 Å². The summed E-state index contributed by atoms with van der Waals surface area (Å²) in [5, 5.41) is 12.3. The fraction of sp³-hybridized carbons (Fsp3) is 0.261. The second-order valence-electron chi connectivity index (χ2n) is 7.84. The Labute approximate surface area is 210 Å². The lowest BCUT2D eigenvalue weighted by Crippen LogP contribution is -2.27. The number of piperidine rings is 1. The van der Waals surface area contributed by atoms with Gasteiger partial charge in [0.25, 0.3) is 0 Å². The molecule has 0 radical (unpaired) electrons. The number of anilines is 1. The molecule has 4 aromatic rings. The highest BCUT2D eigenvalue weighted by molar-refractivity contribution is 5.90. The van der Waals surface area contributed by atoms with Gasteiger partial charge in [0.1, 0.15) is 11.6 Å². The summed E-state index contributed by atoms with van der Waals surface area (Å²) in [4.78, 5) is 8.91. The van der Waals surface area contributed by atoms with Crippen LogP contribution >= 0.6 is 37.2 Å². The van der Waals surface area contributed by atoms with Gasteiger partial charge in [-0.05, 0) is 62.0 Å². The normalized spacial score (nSPS) is 13.6. The molecule has 3 aromatic heterocycles. The summed E-state index contributed by atoms with van der Waals surface area (Å²) >= 11 is 0. The number of benzene rings is 1. The van der Waals surface area contributed by atoms with E-state index in [1.165, 1.54) is 6.07 Å². The van der Waals surface area contributed by atoms with E-state index in [4.69, 9.17) is 5.73 Å². The minimum atomic E-state index is -0.278. The van der Waals surface area contributed by atoms with Crippen LogP contribution in [0.25, 0.3) is 33.2 Å². The van der Waals surface area contributed by atoms with Crippen molar-refractivity contribution >= 4 is 53.8 Å². The summed E-state index contributed by atoms with van der Waals surface area (Å²) in [5.41, 5.74) is 11.7. The van der Waals surface area contributed by atoms with E-state index in [0.717, 1.165) is 59.3 Å². The molecular weight excluding hydrogens is 486 g/mol. The minimum absolute atomic E-state index is 0. The van der Waals surface area contributed by atoms with Crippen LogP contribution in [0, 0.1) is 12.7 Å². The van der Waals surface area contributed by atoms with Crippen molar-refractivity contribution in [2.75, 3.05) is 18.8 Å². The van der Waals surface area contributed by atoms with Crippen molar-refractivity contribution in [3.05, 3.63) is 59.9 Å². The molecule has 1 aliphatic rings. The van der Waals surface area contributed by atoms with Gasteiger partial charge in [-0.15, -0.1) is 37.2 Å². The molecule has 5 rings (SSSR count). The first-order valence-corrected chi connectivity index (χ1v) is 10.2. The molecule has 0 amide bonds. The summed E-state index contributed by atoms with van der Waals surface area (Å²) in [6.45, 7) is 3.96. The average Bonchev–Trinajstić information content (AvgIpc) is 3.27. The van der Waals surface area contributed by atoms with Crippen LogP contribution in [0.5, 0.6) is 0 Å². The first-order valence-electron chi connectivity index (χ1n) is 10.2. The van der Waals surface area contributed by atoms with E-state index < -0.39 is 0 Å². The maximum absolute atomic E-state index is 14.2. The molecular formula is C23H26Cl3FN6. The second kappa shape index (κ2) is 11.1. The monoisotopic (exact) mass is 510 g/mol. The van der Waals surface area contributed by atoms with Gasteiger partial charge >= 0.3 is 0 Å². The molecule has 1 aliphatic heterocycles. The van der Waals surface area contributed by atoms with Crippen molar-refractivity contribution in [2.24, 2.45) is 0 Å². The van der Waals surface area contributed by atoms with Gasteiger partial charge in [0.15, 0.2) is 0 Å². The fourth-order valence-corrected chi connectivity index (χ4v) is 4.26. The van der Waals surface area contributed by atoms with Crippen molar-refractivity contribution in [3.8, 4) is 22.4 Å². The van der Waals surface area contributed by atoms with Crippen molar-refractivity contribution in [1.82, 2.24) is 25.5 Å². The van der Waals surface area contributed by atoms with Crippen LogP contribution in [0.4, 0.5) is 10.2 Å². The van der Waals surface area contributed by atoms with Crippen molar-refractivity contribution in [3.63, 3.8) is 0 Å². The minimum Gasteiger partial charge on any atom is -0.383 e. The van der Waals surface area contributed by atoms with E-state index in [9.17, 15) is 4.39 Å². The number of aromatic amines is 1. The van der Waals surface area contributed by atoms with Gasteiger partial charge in [0.05, 0.1) is 11.4 Å². The summed E-state index contributed by atoms with van der Waals surface area (Å²) < 4.78 is 14.2. The molecule has 1 saturated heterocycles. The molecule has 0 saturated carbocycles. The molecule has 4 heterocycles. The number of pyridine rings is 2. The number of aryl methyl sites for hydroxylation is 1. The standard InChI is InChI=1S/C23H23FN6.3ClH/c1-13-2-3-20(24)19-11-27-21(9-16(13)19)17-8-15(10-28-23(17)25)18-12-29-30-22(18)14-4-6-26-7-5-14;;;/h2-3,8-12,14,26H,4-7H2,1H3,(H2,25,28)(H,29,30);3*1H. The summed E-state index contributed by atoms with van der Waals surface area (Å²) in [6, 6.07) is 7.13. The zero-order chi connectivity index (χ0) is 20.7. The highest BCUT2D eigenvalue weighted by Gasteiger charge is 2.22. The van der Waals surface area contributed by atoms with Gasteiger partial charge in [-0.1, -0.05) is 6.07 Å². The third-order valence-electron chi connectivity index (χ3n) is 5.97. The highest BCUT2D eigenvalue weighted by atomic mass is 35.5. The van der Waals surface area contributed by atoms with Crippen molar-refractivity contribution in [2.45, 2.75) is 25.7 Å². The van der Waals surface area contributed by atoms with E-state index in [1.54, 1.807) is 18.5 Å². The number of aromatic nitrogens is 4. The van der Waals surface area contributed by atoms with Crippen LogP contribution < -0.4 is 11.1 Å². The predicted molar refractivity (Wildman–Crippen MR) is 138 cm³/mol. The topological polar surface area (TPSA) is 92.5 Å². The van der Waals surface area contributed by atoms with Gasteiger partial charge < -0.3 is 11.1 Å². The van der Waals surface area contributed by atoms with Crippen molar-refractivity contribution in [1.29, 1.82) is 0 Å². The fourth-order valence-electron chi connectivity index (χ4n) is 4.26. The van der Waals surface area contributed by atoms with Crippen LogP contribution in [-0.4, -0.2) is 33.3 Å². The Balaban J connectivity index is 0.00000128. The Morgan fingerprint density at radius 2 is 1.73 bits per heavy atom. The number of hydrogen-bond donors (Lipinski definition) is 3. The number of rotatable bonds is 3. The molecule has 0 spiro atoms. The number of nitrogens with zero attached hydrogens (tertiary/aromatic N) is 3. The second-order valence-corrected chi connectivity index (χ2v) is 7.84. The number of nitrogens with one attached hydrogen (secondary N) is 2. The van der Waals surface area contributed by atoms with Gasteiger partial charge in [-0.3, -0.25) is 10.1 Å². The molecule has 4 N–H and O–H groups in total. The zero-order valence-electron chi connectivity index (χ0n) is 18.0. The smallest absolute Gasteiger partial charge is 0.132 e. The van der Waals surface area contributed by atoms with E-state index >= 15 is 0 Å². The summed E-state index contributed by atoms with van der Waals surface area (Å²) in [6.07, 6.45) is 7.38. The SMILES string of the molecule is Cc1ccc(F)c2cnc(-c3cc(-c4c[nH]nc4C4CCNCC4)cnc3N)cc12.Cl.Cl.Cl. The number of nitrogen functional groups attached to an aromatic ring is 1. The zero-order valence-corrected chi connectivity index (χ0v) is 20.4. The molecule has 176 valence electrons. The Kier molecular flexibility index (Phi) is 9.03. The van der Waals surface area contributed by atoms with Crippen LogP contribution in [0.2, 0.25) is 0 Å². The molecule has 1 aromatic carbocycles. The van der Waals surface area contributed by atoms with Crippen LogP contribution in [0.15, 0.2) is 42.9 Å². The van der Waals surface area contributed by atoms with E-state index in [1.807, 2.05) is 25.3 Å². The lowest BCUT2D eigenvalue weighted by molar-refractivity contribution is 0.453. The number of hydrogen-bond acceptors (Lipinski definition) is 5. The molecule has 0 aliphatic carbocycles. The van der Waals surface area contributed by atoms with Crippen LogP contribution in [-0.2, 0) is 0 Å². The quantitative estimate of drug-likeness (QED) is 0.340. The van der Waals surface area contributed by atoms with Crippen molar-refractivity contribution < 1.29 is 4.39 Å². The van der Waals surface area contributed by atoms with Crippen LogP contribution in [0.1, 0.15) is 30.0 Å². The Morgan fingerprint density at radius 3 is 2.48 bits per heavy atom. The Hall–Kier alpha value is -2.45. The van der Waals surface area contributed by atoms with Gasteiger partial charge in [0.2, 0.25) is 0 Å². The van der Waals surface area contributed by atoms with E-state index in [0.29, 0.717) is 22.8 Å². The molecule has 0 atom stereocenters. The maximum Gasteiger partial charge on any atom is 0.132 e. The van der Waals surface area contributed by atoms with Gasteiger partial charge in [-0.2, -0.15) is 5.10 Å². The lowest BCUT2D eigenvalue weighted by atomic mass is 9.90. The number of nitrogens with two attached hydrogens (primary N) is 1. The summed E-state index contributed by atoms with van der Waals surface area (Å²) in [7, 11) is 0. The maximum atomic E-state index is 14.2. The average molecular weight is 512 g/mol. The summed E-state index contributed by atoms with van der Waals surface area (Å²) in [5.74, 6) is 0.531. The third-order valence-corrected chi connectivity index (χ3v) is 5.97.